The van der Waals surface area contributed by atoms with E-state index in [1.165, 1.54) is 41.2 Å². The molecule has 0 heterocycles. The average molecular weight is 392 g/mol. The van der Waals surface area contributed by atoms with Crippen molar-refractivity contribution in [2.75, 3.05) is 7.05 Å². The summed E-state index contributed by atoms with van der Waals surface area (Å²) in [5.41, 5.74) is 1.37. The predicted octanol–water partition coefficient (Wildman–Crippen LogP) is 5.42. The Hall–Kier alpha value is 0.200. The van der Waals surface area contributed by atoms with Crippen LogP contribution in [0.15, 0.2) is 18.2 Å². The zero-order valence-corrected chi connectivity index (χ0v) is 14.7. The third-order valence-corrected chi connectivity index (χ3v) is 5.76. The fourth-order valence-electron chi connectivity index (χ4n) is 3.33. The fraction of sp³-hybridized carbons (Fsp3) is 0.625. The Bertz CT molecular complexity index is 413. The van der Waals surface area contributed by atoms with Gasteiger partial charge in [-0.05, 0) is 78.1 Å². The Morgan fingerprint density at radius 2 is 2.00 bits per heavy atom. The van der Waals surface area contributed by atoms with Gasteiger partial charge in [-0.3, -0.25) is 0 Å². The lowest BCUT2D eigenvalue weighted by atomic mass is 9.76. The molecule has 0 saturated heterocycles. The number of hydrogen-bond donors (Lipinski definition) is 1. The molecule has 0 radical (unpaired) electrons. The van der Waals surface area contributed by atoms with Gasteiger partial charge in [-0.15, -0.1) is 0 Å². The predicted molar refractivity (Wildman–Crippen MR) is 91.7 cm³/mol. The lowest BCUT2D eigenvalue weighted by molar-refractivity contribution is 0.224. The van der Waals surface area contributed by atoms with Gasteiger partial charge in [-0.25, -0.2) is 0 Å². The minimum Gasteiger partial charge on any atom is -0.313 e. The normalized spacial score (nSPS) is 25.3. The van der Waals surface area contributed by atoms with Gasteiger partial charge < -0.3 is 5.32 Å². The van der Waals surface area contributed by atoms with E-state index < -0.39 is 0 Å². The maximum absolute atomic E-state index is 6.17. The van der Waals surface area contributed by atoms with Crippen molar-refractivity contribution in [2.24, 2.45) is 11.8 Å². The molecule has 1 aromatic carbocycles. The molecule has 1 atom stereocenters. The number of benzene rings is 1. The first-order valence-corrected chi connectivity index (χ1v) is 8.73. The summed E-state index contributed by atoms with van der Waals surface area (Å²) >= 11 is 8.60. The Labute approximate surface area is 135 Å². The van der Waals surface area contributed by atoms with E-state index in [-0.39, 0.29) is 0 Å². The average Bonchev–Trinajstić information content (AvgIpc) is 2.44. The van der Waals surface area contributed by atoms with E-state index >= 15 is 0 Å². The van der Waals surface area contributed by atoms with Gasteiger partial charge in [0.15, 0.2) is 0 Å². The van der Waals surface area contributed by atoms with Crippen molar-refractivity contribution in [1.29, 1.82) is 0 Å². The van der Waals surface area contributed by atoms with Crippen molar-refractivity contribution in [1.82, 2.24) is 5.32 Å². The summed E-state index contributed by atoms with van der Waals surface area (Å²) in [6.07, 6.45) is 6.79. The van der Waals surface area contributed by atoms with Gasteiger partial charge in [0.05, 0.1) is 0 Å². The van der Waals surface area contributed by atoms with Gasteiger partial charge in [0.2, 0.25) is 0 Å². The number of nitrogens with one attached hydrogen (secondary N) is 1. The molecule has 0 spiro atoms. The summed E-state index contributed by atoms with van der Waals surface area (Å²) < 4.78 is 1.32. The molecule has 1 N–H and O–H groups in total. The minimum absolute atomic E-state index is 0.448. The molecule has 0 amide bonds. The van der Waals surface area contributed by atoms with E-state index in [4.69, 9.17) is 11.6 Å². The SMILES string of the molecule is CCC1CCC(C(NC)c2cc(Cl)ccc2I)CC1. The molecule has 2 rings (SSSR count). The Morgan fingerprint density at radius 3 is 2.58 bits per heavy atom. The standard InChI is InChI=1S/C16H23ClIN/c1-3-11-4-6-12(7-5-11)16(19-2)14-10-13(17)8-9-15(14)18/h8-12,16,19H,3-7H2,1-2H3. The van der Waals surface area contributed by atoms with Crippen LogP contribution in [0.5, 0.6) is 0 Å². The third kappa shape index (κ3) is 3.85. The molecule has 1 aliphatic rings. The van der Waals surface area contributed by atoms with E-state index in [1.807, 2.05) is 6.07 Å². The largest absolute Gasteiger partial charge is 0.313 e. The highest BCUT2D eigenvalue weighted by Crippen LogP contribution is 2.39. The van der Waals surface area contributed by atoms with E-state index in [2.05, 4.69) is 54.0 Å². The molecule has 1 saturated carbocycles. The maximum atomic E-state index is 6.17. The summed E-state index contributed by atoms with van der Waals surface area (Å²) in [4.78, 5) is 0. The van der Waals surface area contributed by atoms with Crippen LogP contribution in [0.2, 0.25) is 5.02 Å². The topological polar surface area (TPSA) is 12.0 Å². The molecule has 0 aromatic heterocycles. The summed E-state index contributed by atoms with van der Waals surface area (Å²) in [5, 5.41) is 4.37. The third-order valence-electron chi connectivity index (χ3n) is 4.54. The highest BCUT2D eigenvalue weighted by atomic mass is 127. The Morgan fingerprint density at radius 1 is 1.32 bits per heavy atom. The van der Waals surface area contributed by atoms with Crippen LogP contribution in [0.4, 0.5) is 0 Å². The summed E-state index contributed by atoms with van der Waals surface area (Å²) in [6.45, 7) is 2.32. The molecule has 1 nitrogen and oxygen atoms in total. The van der Waals surface area contributed by atoms with Crippen LogP contribution in [0.3, 0.4) is 0 Å². The van der Waals surface area contributed by atoms with Crippen LogP contribution in [-0.4, -0.2) is 7.05 Å². The van der Waals surface area contributed by atoms with Crippen LogP contribution in [0.25, 0.3) is 0 Å². The van der Waals surface area contributed by atoms with Crippen molar-refractivity contribution >= 4 is 34.2 Å². The molecular formula is C16H23ClIN. The summed E-state index contributed by atoms with van der Waals surface area (Å²) in [6, 6.07) is 6.69. The van der Waals surface area contributed by atoms with Crippen LogP contribution in [0.1, 0.15) is 50.6 Å². The van der Waals surface area contributed by atoms with E-state index in [1.54, 1.807) is 0 Å². The smallest absolute Gasteiger partial charge is 0.0410 e. The van der Waals surface area contributed by atoms with Crippen LogP contribution < -0.4 is 5.32 Å². The molecule has 106 valence electrons. The van der Waals surface area contributed by atoms with Crippen LogP contribution in [-0.2, 0) is 0 Å². The minimum atomic E-state index is 0.448. The molecule has 0 bridgehead atoms. The van der Waals surface area contributed by atoms with Crippen LogP contribution in [0, 0.1) is 15.4 Å². The van der Waals surface area contributed by atoms with Crippen molar-refractivity contribution < 1.29 is 0 Å². The second-order valence-electron chi connectivity index (χ2n) is 5.62. The molecule has 3 heteroatoms. The zero-order chi connectivity index (χ0) is 13.8. The van der Waals surface area contributed by atoms with Crippen molar-refractivity contribution in [3.05, 3.63) is 32.4 Å². The highest BCUT2D eigenvalue weighted by molar-refractivity contribution is 14.1. The van der Waals surface area contributed by atoms with Gasteiger partial charge in [0.1, 0.15) is 0 Å². The van der Waals surface area contributed by atoms with Gasteiger partial charge in [-0.2, -0.15) is 0 Å². The lowest BCUT2D eigenvalue weighted by Gasteiger charge is -2.34. The van der Waals surface area contributed by atoms with Crippen molar-refractivity contribution in [3.8, 4) is 0 Å². The fourth-order valence-corrected chi connectivity index (χ4v) is 4.18. The van der Waals surface area contributed by atoms with Gasteiger partial charge in [0, 0.05) is 14.6 Å². The number of rotatable bonds is 4. The zero-order valence-electron chi connectivity index (χ0n) is 11.8. The molecule has 1 aromatic rings. The van der Waals surface area contributed by atoms with E-state index in [0.29, 0.717) is 6.04 Å². The van der Waals surface area contributed by atoms with Crippen molar-refractivity contribution in [3.63, 3.8) is 0 Å². The summed E-state index contributed by atoms with van der Waals surface area (Å²) in [7, 11) is 2.08. The first-order chi connectivity index (χ1) is 9.15. The Kier molecular flexibility index (Phi) is 5.97. The lowest BCUT2D eigenvalue weighted by Crippen LogP contribution is -2.29. The molecule has 0 aliphatic heterocycles. The number of halogens is 2. The second kappa shape index (κ2) is 7.28. The Balaban J connectivity index is 2.14. The second-order valence-corrected chi connectivity index (χ2v) is 7.22. The van der Waals surface area contributed by atoms with Crippen molar-refractivity contribution in [2.45, 2.75) is 45.1 Å². The number of hydrogen-bond acceptors (Lipinski definition) is 1. The molecule has 19 heavy (non-hydrogen) atoms. The monoisotopic (exact) mass is 391 g/mol. The molecule has 1 aliphatic carbocycles. The van der Waals surface area contributed by atoms with Crippen LogP contribution >= 0.6 is 34.2 Å². The van der Waals surface area contributed by atoms with Gasteiger partial charge >= 0.3 is 0 Å². The quantitative estimate of drug-likeness (QED) is 0.676. The summed E-state index contributed by atoms with van der Waals surface area (Å²) in [5.74, 6) is 1.70. The van der Waals surface area contributed by atoms with E-state index in [9.17, 15) is 0 Å². The first-order valence-electron chi connectivity index (χ1n) is 7.28. The van der Waals surface area contributed by atoms with E-state index in [0.717, 1.165) is 16.9 Å². The highest BCUT2D eigenvalue weighted by Gasteiger charge is 2.28. The first kappa shape index (κ1) is 15.6. The maximum Gasteiger partial charge on any atom is 0.0410 e. The molecule has 1 fully saturated rings. The van der Waals surface area contributed by atoms with Gasteiger partial charge in [0.25, 0.3) is 0 Å². The molecular weight excluding hydrogens is 369 g/mol. The van der Waals surface area contributed by atoms with Gasteiger partial charge in [-0.1, -0.05) is 37.8 Å². The molecule has 1 unspecified atom stereocenters.